The summed E-state index contributed by atoms with van der Waals surface area (Å²) in [6.45, 7) is 4.65. The summed E-state index contributed by atoms with van der Waals surface area (Å²) in [6.07, 6.45) is 17.1. The Kier molecular flexibility index (Phi) is 15.1. The van der Waals surface area contributed by atoms with Crippen molar-refractivity contribution in [3.8, 4) is 0 Å². The van der Waals surface area contributed by atoms with Crippen LogP contribution in [-0.2, 0) is 4.43 Å². The van der Waals surface area contributed by atoms with Crippen LogP contribution in [0.4, 0.5) is 0 Å². The molecule has 0 aromatic heterocycles. The number of alkyl halides is 1. The lowest BCUT2D eigenvalue weighted by Crippen LogP contribution is -2.27. The second kappa shape index (κ2) is 14.6. The van der Waals surface area contributed by atoms with E-state index in [1.165, 1.54) is 88.4 Å². The average Bonchev–Trinajstić information content (AvgIpc) is 2.44. The van der Waals surface area contributed by atoms with E-state index >= 15 is 0 Å². The molecule has 0 saturated heterocycles. The Hall–Kier alpha value is 0.657. The highest BCUT2D eigenvalue weighted by molar-refractivity contribution is 9.09. The van der Waals surface area contributed by atoms with Crippen LogP contribution in [0.1, 0.15) is 77.0 Å². The maximum Gasteiger partial charge on any atom is 0.186 e. The van der Waals surface area contributed by atoms with Gasteiger partial charge in [0.05, 0.1) is 0 Å². The summed E-state index contributed by atoms with van der Waals surface area (Å²) < 4.78 is 5.58. The first-order valence-corrected chi connectivity index (χ1v) is 13.0. The molecule has 0 aliphatic rings. The molecule has 0 saturated carbocycles. The van der Waals surface area contributed by atoms with Gasteiger partial charge in [-0.25, -0.2) is 0 Å². The summed E-state index contributed by atoms with van der Waals surface area (Å²) >= 11 is 3.49. The predicted molar refractivity (Wildman–Crippen MR) is 98.5 cm³/mol. The minimum Gasteiger partial charge on any atom is -0.420 e. The number of hydrogen-bond donors (Lipinski definition) is 0. The van der Waals surface area contributed by atoms with Gasteiger partial charge in [-0.1, -0.05) is 86.6 Å². The second-order valence-corrected chi connectivity index (χ2v) is 11.9. The summed E-state index contributed by atoms with van der Waals surface area (Å²) in [5, 5.41) is 1.18. The van der Waals surface area contributed by atoms with Crippen molar-refractivity contribution in [1.82, 2.24) is 0 Å². The van der Waals surface area contributed by atoms with Crippen LogP contribution in [0.25, 0.3) is 0 Å². The molecule has 0 bridgehead atoms. The normalized spacial score (nSPS) is 12.0. The van der Waals surface area contributed by atoms with Crippen LogP contribution in [-0.4, -0.2) is 20.8 Å². The summed E-state index contributed by atoms with van der Waals surface area (Å²) in [7, 11) is 0.601. The van der Waals surface area contributed by atoms with Crippen LogP contribution in [0.3, 0.4) is 0 Å². The zero-order chi connectivity index (χ0) is 15.1. The van der Waals surface area contributed by atoms with Gasteiger partial charge >= 0.3 is 0 Å². The van der Waals surface area contributed by atoms with E-state index in [0.717, 1.165) is 0 Å². The molecule has 0 aromatic carbocycles. The van der Waals surface area contributed by atoms with Crippen molar-refractivity contribution in [2.24, 2.45) is 0 Å². The van der Waals surface area contributed by atoms with E-state index in [0.29, 0.717) is 0 Å². The molecule has 1 nitrogen and oxygen atoms in total. The maximum atomic E-state index is 5.58. The highest BCUT2D eigenvalue weighted by Gasteiger charge is 2.18. The molecule has 0 spiro atoms. The molecule has 0 rings (SSSR count). The van der Waals surface area contributed by atoms with Gasteiger partial charge in [-0.2, -0.15) is 0 Å². The third-order valence-corrected chi connectivity index (χ3v) is 7.44. The highest BCUT2D eigenvalue weighted by Crippen LogP contribution is 2.17. The molecule has 0 aliphatic heterocycles. The third-order valence-electron chi connectivity index (χ3n) is 4.22. The molecule has 3 heteroatoms. The van der Waals surface area contributed by atoms with E-state index in [2.05, 4.69) is 29.0 Å². The first kappa shape index (κ1) is 20.7. The Balaban J connectivity index is 3.06. The second-order valence-electron chi connectivity index (χ2n) is 6.65. The lowest BCUT2D eigenvalue weighted by molar-refractivity contribution is 0.400. The topological polar surface area (TPSA) is 9.23 Å². The van der Waals surface area contributed by atoms with Crippen LogP contribution in [0.15, 0.2) is 0 Å². The molecule has 0 unspecified atom stereocenters. The largest absolute Gasteiger partial charge is 0.420 e. The monoisotopic (exact) mass is 364 g/mol. The highest BCUT2D eigenvalue weighted by atomic mass is 79.9. The lowest BCUT2D eigenvalue weighted by atomic mass is 10.1. The zero-order valence-corrected chi connectivity index (χ0v) is 16.8. The van der Waals surface area contributed by atoms with E-state index < -0.39 is 8.32 Å². The van der Waals surface area contributed by atoms with Gasteiger partial charge in [-0.05, 0) is 25.6 Å². The Labute approximate surface area is 137 Å². The molecule has 122 valence electrons. The Bertz CT molecular complexity index is 197. The molecule has 0 amide bonds. The number of rotatable bonds is 15. The van der Waals surface area contributed by atoms with Crippen molar-refractivity contribution in [1.29, 1.82) is 0 Å². The van der Waals surface area contributed by atoms with Crippen LogP contribution < -0.4 is 0 Å². The van der Waals surface area contributed by atoms with Gasteiger partial charge in [0.25, 0.3) is 0 Å². The molecule has 0 N–H and O–H groups in total. The summed E-state index contributed by atoms with van der Waals surface area (Å²) in [6, 6.07) is 1.33. The van der Waals surface area contributed by atoms with E-state index in [-0.39, 0.29) is 0 Å². The number of hydrogen-bond acceptors (Lipinski definition) is 1. The van der Waals surface area contributed by atoms with Gasteiger partial charge in [0.15, 0.2) is 8.32 Å². The smallest absolute Gasteiger partial charge is 0.186 e. The van der Waals surface area contributed by atoms with Crippen molar-refractivity contribution in [2.45, 2.75) is 96.2 Å². The van der Waals surface area contributed by atoms with Gasteiger partial charge in [-0.3, -0.25) is 0 Å². The van der Waals surface area contributed by atoms with E-state index in [1.54, 1.807) is 0 Å². The Morgan fingerprint density at radius 2 is 1.00 bits per heavy atom. The number of unbranched alkanes of at least 4 members (excludes halogenated alkanes) is 11. The van der Waals surface area contributed by atoms with Crippen LogP contribution in [0.5, 0.6) is 0 Å². The minimum absolute atomic E-state index is 1.18. The van der Waals surface area contributed by atoms with Crippen molar-refractivity contribution in [3.05, 3.63) is 0 Å². The molecule has 0 atom stereocenters. The summed E-state index contributed by atoms with van der Waals surface area (Å²) in [5.41, 5.74) is 0. The third kappa shape index (κ3) is 15.1. The molecule has 0 aliphatic carbocycles. The first-order valence-electron chi connectivity index (χ1n) is 8.73. The van der Waals surface area contributed by atoms with Crippen molar-refractivity contribution >= 4 is 24.2 Å². The Morgan fingerprint density at radius 1 is 0.650 bits per heavy atom. The summed E-state index contributed by atoms with van der Waals surface area (Å²) in [5.74, 6) is 0. The van der Waals surface area contributed by atoms with Gasteiger partial charge in [-0.15, -0.1) is 0 Å². The fourth-order valence-electron chi connectivity index (χ4n) is 2.52. The van der Waals surface area contributed by atoms with Gasteiger partial charge in [0, 0.05) is 12.4 Å². The number of halogens is 1. The van der Waals surface area contributed by atoms with Crippen LogP contribution >= 0.6 is 15.9 Å². The molecule has 0 aromatic rings. The van der Waals surface area contributed by atoms with Crippen molar-refractivity contribution in [3.63, 3.8) is 0 Å². The van der Waals surface area contributed by atoms with Crippen LogP contribution in [0.2, 0.25) is 19.1 Å². The van der Waals surface area contributed by atoms with Gasteiger partial charge < -0.3 is 4.43 Å². The molecule has 20 heavy (non-hydrogen) atoms. The summed E-state index contributed by atoms with van der Waals surface area (Å²) in [4.78, 5) is 0. The van der Waals surface area contributed by atoms with E-state index in [1.807, 2.05) is 7.11 Å². The standard InChI is InChI=1S/C17H37BrOSi/c1-19-20(2,3)17-15-13-11-9-7-5-4-6-8-10-12-14-16-18/h4-17H2,1-3H3. The fraction of sp³-hybridized carbons (Fsp3) is 1.00. The van der Waals surface area contributed by atoms with Gasteiger partial charge in [0.1, 0.15) is 0 Å². The molecular formula is C17H37BrOSi. The molecule has 0 heterocycles. The Morgan fingerprint density at radius 3 is 1.35 bits per heavy atom. The SMILES string of the molecule is CO[Si](C)(C)CCCCCCCCCCCCCCBr. The van der Waals surface area contributed by atoms with E-state index in [9.17, 15) is 0 Å². The fourth-order valence-corrected chi connectivity index (χ4v) is 4.22. The average molecular weight is 365 g/mol. The zero-order valence-electron chi connectivity index (χ0n) is 14.2. The molecule has 0 fully saturated rings. The first-order chi connectivity index (χ1) is 9.62. The quantitative estimate of drug-likeness (QED) is 0.174. The van der Waals surface area contributed by atoms with E-state index in [4.69, 9.17) is 4.43 Å². The minimum atomic E-state index is -1.28. The lowest BCUT2D eigenvalue weighted by Gasteiger charge is -2.19. The van der Waals surface area contributed by atoms with Crippen LogP contribution in [0, 0.1) is 0 Å². The molecule has 0 radical (unpaired) electrons. The van der Waals surface area contributed by atoms with Gasteiger partial charge in [0.2, 0.25) is 0 Å². The maximum absolute atomic E-state index is 5.58. The van der Waals surface area contributed by atoms with Crippen molar-refractivity contribution in [2.75, 3.05) is 12.4 Å². The predicted octanol–water partition coefficient (Wildman–Crippen LogP) is 6.91. The molecular weight excluding hydrogens is 328 g/mol. The van der Waals surface area contributed by atoms with Crippen molar-refractivity contribution < 1.29 is 4.43 Å².